The lowest BCUT2D eigenvalue weighted by molar-refractivity contribution is 0.197. The Labute approximate surface area is 154 Å². The van der Waals surface area contributed by atoms with E-state index in [1.807, 2.05) is 12.1 Å². The van der Waals surface area contributed by atoms with Gasteiger partial charge in [0.15, 0.2) is 5.82 Å². The molecule has 0 atom stereocenters. The number of aliphatic hydroxyl groups excluding tert-OH is 1. The van der Waals surface area contributed by atoms with Gasteiger partial charge in [0.1, 0.15) is 12.9 Å². The standard InChI is InChI=1S/C15H17BrN4O4S/c16-11-3-1-10(2-4-11)13-14(17-9-18-15(13)24-8-7-21)20-25(22,23)19-12-5-6-12/h1-4,9,12,19,21H,5-8H2,(H,17,18,20). The van der Waals surface area contributed by atoms with Crippen LogP contribution in [0.5, 0.6) is 5.88 Å². The molecule has 1 heterocycles. The first-order chi connectivity index (χ1) is 12.0. The third kappa shape index (κ3) is 4.88. The first kappa shape index (κ1) is 18.1. The van der Waals surface area contributed by atoms with Crippen LogP contribution in [-0.2, 0) is 10.2 Å². The summed E-state index contributed by atoms with van der Waals surface area (Å²) >= 11 is 3.36. The van der Waals surface area contributed by atoms with Crippen molar-refractivity contribution in [3.8, 4) is 17.0 Å². The number of hydrogen-bond donors (Lipinski definition) is 3. The van der Waals surface area contributed by atoms with Gasteiger partial charge in [0.2, 0.25) is 5.88 Å². The predicted octanol–water partition coefficient (Wildman–Crippen LogP) is 1.69. The molecule has 1 aromatic heterocycles. The molecule has 0 radical (unpaired) electrons. The fourth-order valence-corrected chi connectivity index (χ4v) is 3.56. The van der Waals surface area contributed by atoms with E-state index in [-0.39, 0.29) is 31.0 Å². The maximum absolute atomic E-state index is 12.2. The summed E-state index contributed by atoms with van der Waals surface area (Å²) in [6.45, 7) is -0.152. The Bertz CT molecular complexity index is 841. The molecule has 1 fully saturated rings. The van der Waals surface area contributed by atoms with E-state index in [4.69, 9.17) is 9.84 Å². The van der Waals surface area contributed by atoms with Crippen LogP contribution in [-0.4, -0.2) is 42.7 Å². The normalized spacial score (nSPS) is 14.3. The third-order valence-electron chi connectivity index (χ3n) is 3.41. The van der Waals surface area contributed by atoms with Crippen LogP contribution in [0.3, 0.4) is 0 Å². The smallest absolute Gasteiger partial charge is 0.300 e. The molecule has 134 valence electrons. The van der Waals surface area contributed by atoms with E-state index in [0.717, 1.165) is 17.3 Å². The molecule has 1 aliphatic rings. The van der Waals surface area contributed by atoms with Crippen molar-refractivity contribution in [2.75, 3.05) is 17.9 Å². The molecule has 0 unspecified atom stereocenters. The maximum atomic E-state index is 12.2. The van der Waals surface area contributed by atoms with Crippen molar-refractivity contribution in [3.05, 3.63) is 35.1 Å². The Kier molecular flexibility index (Phi) is 5.52. The zero-order valence-corrected chi connectivity index (χ0v) is 15.5. The summed E-state index contributed by atoms with van der Waals surface area (Å²) in [4.78, 5) is 8.13. The Hall–Kier alpha value is -1.75. The van der Waals surface area contributed by atoms with Gasteiger partial charge in [-0.1, -0.05) is 28.1 Å². The zero-order chi connectivity index (χ0) is 17.9. The number of halogens is 1. The van der Waals surface area contributed by atoms with Crippen LogP contribution < -0.4 is 14.2 Å². The van der Waals surface area contributed by atoms with Gasteiger partial charge in [-0.15, -0.1) is 0 Å². The summed E-state index contributed by atoms with van der Waals surface area (Å²) in [5, 5.41) is 8.99. The topological polar surface area (TPSA) is 113 Å². The summed E-state index contributed by atoms with van der Waals surface area (Å²) in [6.07, 6.45) is 2.87. The Morgan fingerprint density at radius 2 is 1.96 bits per heavy atom. The number of benzene rings is 1. The molecular weight excluding hydrogens is 412 g/mol. The van der Waals surface area contributed by atoms with E-state index in [0.29, 0.717) is 11.1 Å². The van der Waals surface area contributed by atoms with Gasteiger partial charge in [-0.2, -0.15) is 13.1 Å². The minimum atomic E-state index is -3.75. The third-order valence-corrected chi connectivity index (χ3v) is 5.04. The molecule has 1 aliphatic carbocycles. The highest BCUT2D eigenvalue weighted by Crippen LogP contribution is 2.35. The van der Waals surface area contributed by atoms with Crippen LogP contribution >= 0.6 is 15.9 Å². The van der Waals surface area contributed by atoms with E-state index in [1.54, 1.807) is 12.1 Å². The summed E-state index contributed by atoms with van der Waals surface area (Å²) in [5.41, 5.74) is 1.09. The van der Waals surface area contributed by atoms with Crippen molar-refractivity contribution in [2.45, 2.75) is 18.9 Å². The van der Waals surface area contributed by atoms with Gasteiger partial charge in [0.05, 0.1) is 12.2 Å². The number of aromatic nitrogens is 2. The molecule has 0 aliphatic heterocycles. The number of nitrogens with zero attached hydrogens (tertiary/aromatic N) is 2. The zero-order valence-electron chi connectivity index (χ0n) is 13.1. The second-order valence-corrected chi connectivity index (χ2v) is 7.84. The molecule has 8 nitrogen and oxygen atoms in total. The van der Waals surface area contributed by atoms with Crippen molar-refractivity contribution in [1.29, 1.82) is 0 Å². The van der Waals surface area contributed by atoms with Gasteiger partial charge in [0, 0.05) is 10.5 Å². The Balaban J connectivity index is 1.99. The van der Waals surface area contributed by atoms with Crippen molar-refractivity contribution >= 4 is 32.0 Å². The molecule has 0 spiro atoms. The Morgan fingerprint density at radius 3 is 2.60 bits per heavy atom. The van der Waals surface area contributed by atoms with E-state index in [1.165, 1.54) is 6.33 Å². The lowest BCUT2D eigenvalue weighted by Crippen LogP contribution is -2.32. The first-order valence-electron chi connectivity index (χ1n) is 7.63. The average Bonchev–Trinajstić information content (AvgIpc) is 3.37. The lowest BCUT2D eigenvalue weighted by atomic mass is 10.1. The summed E-state index contributed by atoms with van der Waals surface area (Å²) in [5.74, 6) is 0.300. The largest absolute Gasteiger partial charge is 0.475 e. The monoisotopic (exact) mass is 428 g/mol. The van der Waals surface area contributed by atoms with Crippen molar-refractivity contribution in [2.24, 2.45) is 0 Å². The highest BCUT2D eigenvalue weighted by atomic mass is 79.9. The molecule has 3 rings (SSSR count). The summed E-state index contributed by atoms with van der Waals surface area (Å²) in [6, 6.07) is 7.19. The maximum Gasteiger partial charge on any atom is 0.300 e. The quantitative estimate of drug-likeness (QED) is 0.589. The minimum absolute atomic E-state index is 0.0272. The molecule has 2 aromatic rings. The summed E-state index contributed by atoms with van der Waals surface area (Å²) in [7, 11) is -3.75. The molecule has 1 saturated carbocycles. The highest BCUT2D eigenvalue weighted by Gasteiger charge is 2.28. The van der Waals surface area contributed by atoms with Gasteiger partial charge in [-0.05, 0) is 30.5 Å². The minimum Gasteiger partial charge on any atom is -0.475 e. The van der Waals surface area contributed by atoms with Crippen LogP contribution in [0.25, 0.3) is 11.1 Å². The van der Waals surface area contributed by atoms with Crippen LogP contribution in [0.1, 0.15) is 12.8 Å². The first-order valence-corrected chi connectivity index (χ1v) is 9.91. The van der Waals surface area contributed by atoms with Crippen molar-refractivity contribution in [1.82, 2.24) is 14.7 Å². The number of aliphatic hydroxyl groups is 1. The molecule has 1 aromatic carbocycles. The highest BCUT2D eigenvalue weighted by molar-refractivity contribution is 9.10. The Morgan fingerprint density at radius 1 is 1.24 bits per heavy atom. The number of anilines is 1. The van der Waals surface area contributed by atoms with Gasteiger partial charge in [0.25, 0.3) is 0 Å². The van der Waals surface area contributed by atoms with Gasteiger partial charge < -0.3 is 9.84 Å². The van der Waals surface area contributed by atoms with Crippen LogP contribution in [0.4, 0.5) is 5.82 Å². The number of ether oxygens (including phenoxy) is 1. The molecule has 10 heteroatoms. The molecule has 0 amide bonds. The van der Waals surface area contributed by atoms with Crippen LogP contribution in [0, 0.1) is 0 Å². The fourth-order valence-electron chi connectivity index (χ4n) is 2.15. The van der Waals surface area contributed by atoms with Crippen LogP contribution in [0.2, 0.25) is 0 Å². The van der Waals surface area contributed by atoms with E-state index in [9.17, 15) is 8.42 Å². The average molecular weight is 429 g/mol. The lowest BCUT2D eigenvalue weighted by Gasteiger charge is -2.15. The molecule has 0 bridgehead atoms. The second-order valence-electron chi connectivity index (χ2n) is 5.48. The van der Waals surface area contributed by atoms with Crippen LogP contribution in [0.15, 0.2) is 35.1 Å². The second kappa shape index (κ2) is 7.65. The molecule has 25 heavy (non-hydrogen) atoms. The van der Waals surface area contributed by atoms with Gasteiger partial charge in [-0.25, -0.2) is 9.97 Å². The van der Waals surface area contributed by atoms with Gasteiger partial charge in [-0.3, -0.25) is 4.72 Å². The number of nitrogens with one attached hydrogen (secondary N) is 2. The summed E-state index contributed by atoms with van der Waals surface area (Å²) < 4.78 is 35.8. The predicted molar refractivity (Wildman–Crippen MR) is 96.4 cm³/mol. The molecular formula is C15H17BrN4O4S. The number of rotatable bonds is 8. The van der Waals surface area contributed by atoms with E-state index < -0.39 is 10.2 Å². The number of hydrogen-bond acceptors (Lipinski definition) is 6. The SMILES string of the molecule is O=S(=O)(Nc1ncnc(OCCO)c1-c1ccc(Br)cc1)NC1CC1. The van der Waals surface area contributed by atoms with E-state index in [2.05, 4.69) is 35.3 Å². The fraction of sp³-hybridized carbons (Fsp3) is 0.333. The molecule has 0 saturated heterocycles. The van der Waals surface area contributed by atoms with Gasteiger partial charge >= 0.3 is 10.2 Å². The van der Waals surface area contributed by atoms with Crippen molar-refractivity contribution < 1.29 is 18.3 Å². The van der Waals surface area contributed by atoms with Crippen molar-refractivity contribution in [3.63, 3.8) is 0 Å². The van der Waals surface area contributed by atoms with E-state index >= 15 is 0 Å². The molecule has 3 N–H and O–H groups in total.